The molecule has 0 unspecified atom stereocenters. The molecule has 0 aliphatic heterocycles. The highest BCUT2D eigenvalue weighted by atomic mass is 32.2. The van der Waals surface area contributed by atoms with Crippen LogP contribution in [0.4, 0.5) is 5.13 Å². The first-order valence-electron chi connectivity index (χ1n) is 11.3. The van der Waals surface area contributed by atoms with Crippen LogP contribution in [0.25, 0.3) is 6.08 Å². The summed E-state index contributed by atoms with van der Waals surface area (Å²) in [5.74, 6) is -0.256. The lowest BCUT2D eigenvalue weighted by Gasteiger charge is -2.10. The minimum absolute atomic E-state index is 0.0415. The molecule has 1 aromatic heterocycles. The van der Waals surface area contributed by atoms with Gasteiger partial charge in [-0.25, -0.2) is 0 Å². The first kappa shape index (κ1) is 26.5. The van der Waals surface area contributed by atoms with E-state index in [-0.39, 0.29) is 26.9 Å². The quantitative estimate of drug-likeness (QED) is 0.181. The number of carbonyl (C=O) groups excluding carboxylic acids is 1. The van der Waals surface area contributed by atoms with Crippen molar-refractivity contribution in [3.63, 3.8) is 0 Å². The van der Waals surface area contributed by atoms with Crippen molar-refractivity contribution < 1.29 is 22.1 Å². The highest BCUT2D eigenvalue weighted by Crippen LogP contribution is 2.26. The molecule has 0 aliphatic carbocycles. The maximum atomic E-state index is 12.8. The number of carbonyl (C=O) groups is 1. The SMILES string of the molecule is COc1ccc(S(=O)(=O)Oc2ccccc2/C=C(\C#N)C(=O)Nc2nnc(Cc3ccc(C)cc3)s2)cc1. The van der Waals surface area contributed by atoms with Gasteiger partial charge in [0.25, 0.3) is 5.91 Å². The van der Waals surface area contributed by atoms with Gasteiger partial charge in [0.1, 0.15) is 33.0 Å². The molecule has 38 heavy (non-hydrogen) atoms. The number of ether oxygens (including phenoxy) is 1. The van der Waals surface area contributed by atoms with E-state index < -0.39 is 16.0 Å². The van der Waals surface area contributed by atoms with Crippen LogP contribution in [0.5, 0.6) is 11.5 Å². The minimum Gasteiger partial charge on any atom is -0.497 e. The third-order valence-electron chi connectivity index (χ3n) is 5.29. The van der Waals surface area contributed by atoms with E-state index in [0.717, 1.165) is 11.1 Å². The van der Waals surface area contributed by atoms with Gasteiger partial charge in [-0.15, -0.1) is 10.2 Å². The van der Waals surface area contributed by atoms with E-state index in [0.29, 0.717) is 17.2 Å². The van der Waals surface area contributed by atoms with Crippen LogP contribution in [0.1, 0.15) is 21.7 Å². The van der Waals surface area contributed by atoms with E-state index >= 15 is 0 Å². The zero-order valence-corrected chi connectivity index (χ0v) is 22.0. The zero-order chi connectivity index (χ0) is 27.1. The van der Waals surface area contributed by atoms with Gasteiger partial charge in [-0.05, 0) is 48.9 Å². The number of anilines is 1. The number of aromatic nitrogens is 2. The second-order valence-electron chi connectivity index (χ2n) is 8.04. The van der Waals surface area contributed by atoms with Crippen LogP contribution < -0.4 is 14.2 Å². The Morgan fingerprint density at radius 2 is 1.76 bits per heavy atom. The summed E-state index contributed by atoms with van der Waals surface area (Å²) in [6.45, 7) is 2.01. The summed E-state index contributed by atoms with van der Waals surface area (Å²) in [6, 6.07) is 21.8. The summed E-state index contributed by atoms with van der Waals surface area (Å²) in [7, 11) is -2.71. The molecular weight excluding hydrogens is 524 g/mol. The van der Waals surface area contributed by atoms with Crippen molar-refractivity contribution in [3.05, 3.63) is 100 Å². The predicted molar refractivity (Wildman–Crippen MR) is 143 cm³/mol. The van der Waals surface area contributed by atoms with Crippen LogP contribution in [-0.2, 0) is 21.3 Å². The fourth-order valence-corrected chi connectivity index (χ4v) is 5.03. The van der Waals surface area contributed by atoms with Crippen molar-refractivity contribution in [2.24, 2.45) is 0 Å². The number of methoxy groups -OCH3 is 1. The molecule has 3 aromatic carbocycles. The number of hydrogen-bond donors (Lipinski definition) is 1. The number of para-hydroxylation sites is 1. The van der Waals surface area contributed by atoms with Crippen LogP contribution in [0.15, 0.2) is 83.3 Å². The summed E-state index contributed by atoms with van der Waals surface area (Å²) >= 11 is 1.20. The summed E-state index contributed by atoms with van der Waals surface area (Å²) in [4.78, 5) is 12.7. The number of amides is 1. The van der Waals surface area contributed by atoms with E-state index in [9.17, 15) is 18.5 Å². The number of nitrogens with one attached hydrogen (secondary N) is 1. The Balaban J connectivity index is 1.50. The lowest BCUT2D eigenvalue weighted by Crippen LogP contribution is -2.13. The molecule has 0 atom stereocenters. The van der Waals surface area contributed by atoms with Gasteiger partial charge in [0.15, 0.2) is 0 Å². The number of hydrogen-bond acceptors (Lipinski definition) is 9. The van der Waals surface area contributed by atoms with Crippen molar-refractivity contribution in [3.8, 4) is 17.6 Å². The van der Waals surface area contributed by atoms with E-state index in [4.69, 9.17) is 8.92 Å². The Bertz CT molecular complexity index is 1620. The maximum absolute atomic E-state index is 12.8. The van der Waals surface area contributed by atoms with E-state index in [1.807, 2.05) is 37.3 Å². The molecule has 1 N–H and O–H groups in total. The molecule has 9 nitrogen and oxygen atoms in total. The lowest BCUT2D eigenvalue weighted by atomic mass is 10.1. The monoisotopic (exact) mass is 546 g/mol. The number of aryl methyl sites for hydroxylation is 1. The Kier molecular flexibility index (Phi) is 8.15. The third kappa shape index (κ3) is 6.61. The standard InChI is InChI=1S/C27H22N4O5S2/c1-18-7-9-19(10-8-18)15-25-30-31-27(37-25)29-26(32)21(17-28)16-20-5-3-4-6-24(20)36-38(33,34)23-13-11-22(35-2)12-14-23/h3-14,16H,15H2,1-2H3,(H,29,31,32)/b21-16+. The van der Waals surface area contributed by atoms with Gasteiger partial charge in [0, 0.05) is 12.0 Å². The Hall–Kier alpha value is -4.53. The van der Waals surface area contributed by atoms with Gasteiger partial charge in [0.05, 0.1) is 7.11 Å². The maximum Gasteiger partial charge on any atom is 0.339 e. The van der Waals surface area contributed by atoms with E-state index in [1.165, 1.54) is 60.9 Å². The van der Waals surface area contributed by atoms with Gasteiger partial charge < -0.3 is 8.92 Å². The molecule has 1 amide bonds. The van der Waals surface area contributed by atoms with Crippen LogP contribution >= 0.6 is 11.3 Å². The summed E-state index contributed by atoms with van der Waals surface area (Å²) in [6.07, 6.45) is 1.81. The lowest BCUT2D eigenvalue weighted by molar-refractivity contribution is -0.112. The highest BCUT2D eigenvalue weighted by Gasteiger charge is 2.19. The zero-order valence-electron chi connectivity index (χ0n) is 20.4. The minimum atomic E-state index is -4.18. The molecular formula is C27H22N4O5S2. The fraction of sp³-hybridized carbons (Fsp3) is 0.111. The smallest absolute Gasteiger partial charge is 0.339 e. The first-order chi connectivity index (χ1) is 18.3. The molecule has 0 saturated heterocycles. The summed E-state index contributed by atoms with van der Waals surface area (Å²) < 4.78 is 36.0. The highest BCUT2D eigenvalue weighted by molar-refractivity contribution is 7.87. The first-order valence-corrected chi connectivity index (χ1v) is 13.5. The molecule has 0 radical (unpaired) electrons. The second kappa shape index (κ2) is 11.7. The van der Waals surface area contributed by atoms with E-state index in [2.05, 4.69) is 15.5 Å². The summed E-state index contributed by atoms with van der Waals surface area (Å²) in [5, 5.41) is 21.2. The molecule has 0 aliphatic rings. The Morgan fingerprint density at radius 1 is 1.05 bits per heavy atom. The topological polar surface area (TPSA) is 131 Å². The van der Waals surface area contributed by atoms with Crippen molar-refractivity contribution in [2.75, 3.05) is 12.4 Å². The fourth-order valence-electron chi connectivity index (χ4n) is 3.31. The molecule has 0 fully saturated rings. The number of nitrogens with zero attached hydrogens (tertiary/aromatic N) is 3. The van der Waals surface area contributed by atoms with Gasteiger partial charge in [-0.1, -0.05) is 59.4 Å². The van der Waals surface area contributed by atoms with Crippen molar-refractivity contribution >= 4 is 38.6 Å². The molecule has 4 aromatic rings. The van der Waals surface area contributed by atoms with Crippen LogP contribution in [0, 0.1) is 18.3 Å². The molecule has 11 heteroatoms. The van der Waals surface area contributed by atoms with E-state index in [1.54, 1.807) is 12.1 Å². The molecule has 192 valence electrons. The normalized spacial score (nSPS) is 11.4. The average Bonchev–Trinajstić information content (AvgIpc) is 3.35. The van der Waals surface area contributed by atoms with Crippen molar-refractivity contribution in [2.45, 2.75) is 18.2 Å². The van der Waals surface area contributed by atoms with Crippen LogP contribution in [-0.4, -0.2) is 31.6 Å². The molecule has 0 bridgehead atoms. The Morgan fingerprint density at radius 3 is 2.45 bits per heavy atom. The molecule has 0 saturated carbocycles. The van der Waals surface area contributed by atoms with Gasteiger partial charge in [0.2, 0.25) is 5.13 Å². The molecule has 1 heterocycles. The molecule has 4 rings (SSSR count). The number of benzene rings is 3. The van der Waals surface area contributed by atoms with Gasteiger partial charge >= 0.3 is 10.1 Å². The number of nitriles is 1. The predicted octanol–water partition coefficient (Wildman–Crippen LogP) is 4.76. The van der Waals surface area contributed by atoms with Crippen LogP contribution in [0.3, 0.4) is 0 Å². The third-order valence-corrected chi connectivity index (χ3v) is 7.38. The van der Waals surface area contributed by atoms with Gasteiger partial charge in [-0.3, -0.25) is 10.1 Å². The second-order valence-corrected chi connectivity index (χ2v) is 10.6. The van der Waals surface area contributed by atoms with Gasteiger partial charge in [-0.2, -0.15) is 13.7 Å². The molecule has 0 spiro atoms. The summed E-state index contributed by atoms with van der Waals surface area (Å²) in [5.41, 5.74) is 2.18. The Labute approximate surface area is 224 Å². The number of rotatable bonds is 9. The van der Waals surface area contributed by atoms with Crippen molar-refractivity contribution in [1.82, 2.24) is 10.2 Å². The van der Waals surface area contributed by atoms with Crippen LogP contribution in [0.2, 0.25) is 0 Å². The van der Waals surface area contributed by atoms with Crippen molar-refractivity contribution in [1.29, 1.82) is 5.26 Å². The average molecular weight is 547 g/mol. The largest absolute Gasteiger partial charge is 0.497 e.